The number of hydrogen-bond acceptors (Lipinski definition) is 6. The molecule has 3 amide bonds. The molecular weight excluding hydrogens is 610 g/mol. The average molecular weight is 656 g/mol. The minimum absolute atomic E-state index is 0.269. The van der Waals surface area contributed by atoms with Gasteiger partial charge in [-0.25, -0.2) is 9.78 Å². The first kappa shape index (κ1) is 35.7. The molecule has 3 aromatic carbocycles. The Morgan fingerprint density at radius 1 is 0.896 bits per heavy atom. The topological polar surface area (TPSA) is 152 Å². The largest absolute Gasteiger partial charge is 0.481 e. The van der Waals surface area contributed by atoms with Gasteiger partial charge in [0.25, 0.3) is 0 Å². The molecule has 0 saturated heterocycles. The number of benzene rings is 3. The molecule has 0 spiro atoms. The van der Waals surface area contributed by atoms with Crippen molar-refractivity contribution in [1.82, 2.24) is 20.2 Å². The van der Waals surface area contributed by atoms with Crippen molar-refractivity contribution in [2.75, 3.05) is 5.32 Å². The van der Waals surface area contributed by atoms with Crippen molar-refractivity contribution in [2.45, 2.75) is 89.9 Å². The van der Waals surface area contributed by atoms with Gasteiger partial charge in [-0.2, -0.15) is 0 Å². The summed E-state index contributed by atoms with van der Waals surface area (Å²) in [6, 6.07) is 22.4. The van der Waals surface area contributed by atoms with Crippen LogP contribution in [-0.4, -0.2) is 55.7 Å². The SMILES string of the molecule is CC(C)(C)OC(=O)NC(C)(C)C(=O)N[C@H](CCCc1ccccc1)C(=O)Nc1cn(CCC(C(=O)O)c2ccc3ccccc3c2)cn1. The number of carboxylic acid groups (broad SMARTS) is 1. The van der Waals surface area contributed by atoms with Gasteiger partial charge in [-0.3, -0.25) is 14.4 Å². The van der Waals surface area contributed by atoms with Crippen LogP contribution in [0.25, 0.3) is 10.8 Å². The molecule has 0 aliphatic carbocycles. The Hall–Kier alpha value is -5.19. The number of nitrogens with one attached hydrogen (secondary N) is 3. The maximum absolute atomic E-state index is 13.5. The van der Waals surface area contributed by atoms with Crippen LogP contribution in [0.3, 0.4) is 0 Å². The summed E-state index contributed by atoms with van der Waals surface area (Å²) in [5, 5.41) is 20.2. The molecule has 1 unspecified atom stereocenters. The van der Waals surface area contributed by atoms with Gasteiger partial charge in [-0.05, 0) is 82.2 Å². The normalized spacial score (nSPS) is 12.9. The van der Waals surface area contributed by atoms with Gasteiger partial charge in [0, 0.05) is 12.7 Å². The Morgan fingerprint density at radius 3 is 2.27 bits per heavy atom. The van der Waals surface area contributed by atoms with E-state index in [9.17, 15) is 24.3 Å². The van der Waals surface area contributed by atoms with Gasteiger partial charge >= 0.3 is 12.1 Å². The van der Waals surface area contributed by atoms with E-state index < -0.39 is 47.0 Å². The predicted octanol–water partition coefficient (Wildman–Crippen LogP) is 6.04. The highest BCUT2D eigenvalue weighted by atomic mass is 16.6. The number of hydrogen-bond donors (Lipinski definition) is 4. The van der Waals surface area contributed by atoms with Crippen LogP contribution in [-0.2, 0) is 32.1 Å². The van der Waals surface area contributed by atoms with Crippen LogP contribution in [0.2, 0.25) is 0 Å². The van der Waals surface area contributed by atoms with Crippen molar-refractivity contribution in [3.8, 4) is 0 Å². The molecule has 0 aliphatic heterocycles. The summed E-state index contributed by atoms with van der Waals surface area (Å²) in [5.41, 5.74) is -0.289. The highest BCUT2D eigenvalue weighted by Crippen LogP contribution is 2.25. The Kier molecular flexibility index (Phi) is 11.6. The first-order chi connectivity index (χ1) is 22.7. The van der Waals surface area contributed by atoms with Crippen molar-refractivity contribution >= 4 is 40.5 Å². The highest BCUT2D eigenvalue weighted by Gasteiger charge is 2.34. The standard InChI is InChI=1S/C37H45N5O6/c1-36(2,3)48-35(47)41-37(4,5)34(46)39-30(17-11-14-25-12-7-6-8-13-25)32(43)40-31-23-42(24-38-31)21-20-29(33(44)45)28-19-18-26-15-9-10-16-27(26)22-28/h6-10,12-13,15-16,18-19,22-24,29-30H,11,14,17,20-21H2,1-5H3,(H,39,46)(H,40,43)(H,41,47)(H,44,45)/t29?,30-/m1/s1. The van der Waals surface area contributed by atoms with Crippen molar-refractivity contribution in [1.29, 1.82) is 0 Å². The third-order valence-corrected chi connectivity index (χ3v) is 7.84. The number of carbonyl (C=O) groups excluding carboxylic acids is 3. The Morgan fingerprint density at radius 2 is 1.58 bits per heavy atom. The fourth-order valence-electron chi connectivity index (χ4n) is 5.27. The number of carboxylic acids is 1. The van der Waals surface area contributed by atoms with Crippen LogP contribution in [0.15, 0.2) is 85.3 Å². The molecule has 0 saturated carbocycles. The predicted molar refractivity (Wildman–Crippen MR) is 185 cm³/mol. The number of nitrogens with zero attached hydrogens (tertiary/aromatic N) is 2. The molecule has 0 bridgehead atoms. The zero-order valence-corrected chi connectivity index (χ0v) is 28.2. The van der Waals surface area contributed by atoms with Gasteiger partial charge in [0.1, 0.15) is 17.2 Å². The van der Waals surface area contributed by atoms with Gasteiger partial charge in [-0.1, -0.05) is 72.8 Å². The second-order valence-corrected chi connectivity index (χ2v) is 13.4. The number of amides is 3. The van der Waals surface area contributed by atoms with Gasteiger partial charge in [0.15, 0.2) is 5.82 Å². The molecule has 1 aromatic heterocycles. The lowest BCUT2D eigenvalue weighted by Gasteiger charge is -2.29. The van der Waals surface area contributed by atoms with Crippen LogP contribution >= 0.6 is 0 Å². The minimum Gasteiger partial charge on any atom is -0.481 e. The number of carbonyl (C=O) groups is 4. The molecule has 11 nitrogen and oxygen atoms in total. The summed E-state index contributed by atoms with van der Waals surface area (Å²) in [6.07, 6.45) is 4.39. The van der Waals surface area contributed by atoms with E-state index in [2.05, 4.69) is 20.9 Å². The van der Waals surface area contributed by atoms with E-state index in [1.54, 1.807) is 31.5 Å². The van der Waals surface area contributed by atoms with E-state index in [0.717, 1.165) is 16.3 Å². The second kappa shape index (κ2) is 15.6. The molecular formula is C37H45N5O6. The van der Waals surface area contributed by atoms with Crippen molar-refractivity contribution in [3.05, 3.63) is 96.4 Å². The van der Waals surface area contributed by atoms with Crippen LogP contribution in [0, 0.1) is 0 Å². The Labute approximate surface area is 281 Å². The lowest BCUT2D eigenvalue weighted by molar-refractivity contribution is -0.139. The van der Waals surface area contributed by atoms with E-state index in [1.807, 2.05) is 72.8 Å². The van der Waals surface area contributed by atoms with E-state index in [-0.39, 0.29) is 5.82 Å². The maximum atomic E-state index is 13.5. The summed E-state index contributed by atoms with van der Waals surface area (Å²) in [6.45, 7) is 8.61. The van der Waals surface area contributed by atoms with Gasteiger partial charge in [-0.15, -0.1) is 0 Å². The lowest BCUT2D eigenvalue weighted by Crippen LogP contribution is -2.58. The molecule has 4 rings (SSSR count). The zero-order valence-electron chi connectivity index (χ0n) is 28.2. The van der Waals surface area contributed by atoms with E-state index in [4.69, 9.17) is 4.74 Å². The van der Waals surface area contributed by atoms with Crippen LogP contribution in [0.4, 0.5) is 10.6 Å². The molecule has 4 N–H and O–H groups in total. The molecule has 4 aromatic rings. The Balaban J connectivity index is 1.41. The smallest absolute Gasteiger partial charge is 0.408 e. The summed E-state index contributed by atoms with van der Waals surface area (Å²) in [5.74, 6) is -2.39. The number of aryl methyl sites for hydroxylation is 2. The number of aliphatic carboxylic acids is 1. The summed E-state index contributed by atoms with van der Waals surface area (Å²) in [7, 11) is 0. The first-order valence-corrected chi connectivity index (χ1v) is 16.1. The molecule has 0 radical (unpaired) electrons. The van der Waals surface area contributed by atoms with Gasteiger partial charge < -0.3 is 30.4 Å². The third-order valence-electron chi connectivity index (χ3n) is 7.84. The number of anilines is 1. The zero-order chi connectivity index (χ0) is 34.9. The van der Waals surface area contributed by atoms with E-state index in [1.165, 1.54) is 20.2 Å². The van der Waals surface area contributed by atoms with Gasteiger partial charge in [0.05, 0.1) is 12.2 Å². The summed E-state index contributed by atoms with van der Waals surface area (Å²) in [4.78, 5) is 55.7. The first-order valence-electron chi connectivity index (χ1n) is 16.1. The number of alkyl carbamates (subject to hydrolysis) is 1. The molecule has 254 valence electrons. The maximum Gasteiger partial charge on any atom is 0.408 e. The molecule has 0 fully saturated rings. The highest BCUT2D eigenvalue weighted by molar-refractivity contribution is 5.98. The average Bonchev–Trinajstić information content (AvgIpc) is 3.46. The second-order valence-electron chi connectivity index (χ2n) is 13.4. The fourth-order valence-corrected chi connectivity index (χ4v) is 5.27. The van der Waals surface area contributed by atoms with Gasteiger partial charge in [0.2, 0.25) is 11.8 Å². The van der Waals surface area contributed by atoms with Crippen molar-refractivity contribution in [2.24, 2.45) is 0 Å². The Bertz CT molecular complexity index is 1730. The lowest BCUT2D eigenvalue weighted by atomic mass is 9.93. The van der Waals surface area contributed by atoms with Crippen molar-refractivity contribution < 1.29 is 29.0 Å². The fraction of sp³-hybridized carbons (Fsp3) is 0.378. The minimum atomic E-state index is -1.37. The number of aromatic nitrogens is 2. The summed E-state index contributed by atoms with van der Waals surface area (Å²) < 4.78 is 7.03. The third kappa shape index (κ3) is 10.4. The molecule has 1 heterocycles. The number of rotatable bonds is 14. The van der Waals surface area contributed by atoms with Crippen LogP contribution < -0.4 is 16.0 Å². The van der Waals surface area contributed by atoms with E-state index in [0.29, 0.717) is 37.8 Å². The number of fused-ring (bicyclic) bond motifs is 1. The molecule has 48 heavy (non-hydrogen) atoms. The number of imidazole rings is 1. The quantitative estimate of drug-likeness (QED) is 0.129. The summed E-state index contributed by atoms with van der Waals surface area (Å²) >= 11 is 0. The van der Waals surface area contributed by atoms with Crippen LogP contribution in [0.5, 0.6) is 0 Å². The molecule has 2 atom stereocenters. The molecule has 0 aliphatic rings. The monoisotopic (exact) mass is 655 g/mol. The van der Waals surface area contributed by atoms with Crippen LogP contribution in [0.1, 0.15) is 70.9 Å². The number of ether oxygens (including phenoxy) is 1. The van der Waals surface area contributed by atoms with E-state index >= 15 is 0 Å². The molecule has 11 heteroatoms. The van der Waals surface area contributed by atoms with Crippen molar-refractivity contribution in [3.63, 3.8) is 0 Å².